The predicted molar refractivity (Wildman–Crippen MR) is 66.8 cm³/mol. The Morgan fingerprint density at radius 1 is 1.44 bits per heavy atom. The molecule has 18 heavy (non-hydrogen) atoms. The number of aromatic nitrogens is 2. The van der Waals surface area contributed by atoms with Gasteiger partial charge in [-0.2, -0.15) is 4.98 Å². The molecule has 0 amide bonds. The van der Waals surface area contributed by atoms with Crippen LogP contribution in [0, 0.1) is 6.92 Å². The van der Waals surface area contributed by atoms with Gasteiger partial charge in [0, 0.05) is 4.88 Å². The van der Waals surface area contributed by atoms with Crippen LogP contribution in [0.2, 0.25) is 0 Å². The number of hydrogen-bond donors (Lipinski definition) is 1. The molecule has 1 N–H and O–H groups in total. The van der Waals surface area contributed by atoms with Gasteiger partial charge in [0.05, 0.1) is 6.54 Å². The lowest BCUT2D eigenvalue weighted by molar-refractivity contribution is 0.372. The summed E-state index contributed by atoms with van der Waals surface area (Å²) in [5.74, 6) is 0.733. The highest BCUT2D eigenvalue weighted by molar-refractivity contribution is 7.91. The van der Waals surface area contributed by atoms with E-state index in [1.165, 1.54) is 11.3 Å². The first-order chi connectivity index (χ1) is 8.51. The van der Waals surface area contributed by atoms with E-state index in [0.29, 0.717) is 10.0 Å². The Labute approximate surface area is 109 Å². The fraction of sp³-hybridized carbons (Fsp3) is 0.400. The molecule has 0 aliphatic heterocycles. The van der Waals surface area contributed by atoms with Gasteiger partial charge in [0.25, 0.3) is 10.0 Å². The molecule has 0 bridgehead atoms. The van der Waals surface area contributed by atoms with Crippen molar-refractivity contribution in [1.29, 1.82) is 0 Å². The largest absolute Gasteiger partial charge is 0.338 e. The van der Waals surface area contributed by atoms with Crippen LogP contribution in [0.4, 0.5) is 0 Å². The molecule has 0 fully saturated rings. The van der Waals surface area contributed by atoms with Crippen LogP contribution < -0.4 is 4.72 Å². The molecule has 0 aromatic carbocycles. The normalized spacial score (nSPS) is 11.9. The van der Waals surface area contributed by atoms with Gasteiger partial charge in [0.2, 0.25) is 5.89 Å². The minimum absolute atomic E-state index is 0.00251. The number of sulfonamides is 1. The van der Waals surface area contributed by atoms with Crippen LogP contribution in [0.15, 0.2) is 20.9 Å². The topological polar surface area (TPSA) is 85.1 Å². The first kappa shape index (κ1) is 13.2. The molecule has 0 aliphatic rings. The second-order valence-electron chi connectivity index (χ2n) is 3.63. The van der Waals surface area contributed by atoms with Crippen LogP contribution in [0.5, 0.6) is 0 Å². The summed E-state index contributed by atoms with van der Waals surface area (Å²) in [6, 6.07) is 3.42. The molecule has 0 radical (unpaired) electrons. The second-order valence-corrected chi connectivity index (χ2v) is 6.80. The summed E-state index contributed by atoms with van der Waals surface area (Å²) < 4.78 is 31.5. The molecule has 6 nitrogen and oxygen atoms in total. The molecule has 2 rings (SSSR count). The maximum absolute atomic E-state index is 12.0. The molecule has 0 spiro atoms. The van der Waals surface area contributed by atoms with E-state index in [4.69, 9.17) is 4.52 Å². The van der Waals surface area contributed by atoms with Crippen LogP contribution in [-0.2, 0) is 23.0 Å². The maximum Gasteiger partial charge on any atom is 0.250 e. The van der Waals surface area contributed by atoms with E-state index in [1.54, 1.807) is 13.0 Å². The summed E-state index contributed by atoms with van der Waals surface area (Å²) in [7, 11) is -3.50. The summed E-state index contributed by atoms with van der Waals surface area (Å²) in [5, 5.41) is 3.59. The lowest BCUT2D eigenvalue weighted by Crippen LogP contribution is -2.22. The Kier molecular flexibility index (Phi) is 3.79. The van der Waals surface area contributed by atoms with Crippen molar-refractivity contribution in [1.82, 2.24) is 14.9 Å². The maximum atomic E-state index is 12.0. The molecule has 2 aromatic rings. The van der Waals surface area contributed by atoms with Crippen molar-refractivity contribution in [2.24, 2.45) is 0 Å². The summed E-state index contributed by atoms with van der Waals surface area (Å²) in [6.45, 7) is 3.66. The van der Waals surface area contributed by atoms with Gasteiger partial charge in [-0.15, -0.1) is 11.3 Å². The third-order valence-corrected chi connectivity index (χ3v) is 5.36. The Bertz CT molecular complexity index is 630. The lowest BCUT2D eigenvalue weighted by atomic mass is 10.4. The Hall–Kier alpha value is -1.25. The van der Waals surface area contributed by atoms with Crippen LogP contribution in [-0.4, -0.2) is 18.6 Å². The van der Waals surface area contributed by atoms with Crippen molar-refractivity contribution in [3.05, 3.63) is 28.7 Å². The average molecular weight is 287 g/mol. The fourth-order valence-corrected chi connectivity index (χ4v) is 3.65. The van der Waals surface area contributed by atoms with Gasteiger partial charge in [-0.1, -0.05) is 12.1 Å². The number of rotatable bonds is 5. The van der Waals surface area contributed by atoms with Crippen LogP contribution >= 0.6 is 11.3 Å². The average Bonchev–Trinajstić information content (AvgIpc) is 2.95. The smallest absolute Gasteiger partial charge is 0.250 e. The van der Waals surface area contributed by atoms with E-state index in [9.17, 15) is 8.42 Å². The predicted octanol–water partition coefficient (Wildman–Crippen LogP) is 1.48. The molecule has 2 aromatic heterocycles. The summed E-state index contributed by atoms with van der Waals surface area (Å²) >= 11 is 1.26. The van der Waals surface area contributed by atoms with Gasteiger partial charge in [-0.3, -0.25) is 0 Å². The monoisotopic (exact) mass is 287 g/mol. The van der Waals surface area contributed by atoms with E-state index in [0.717, 1.165) is 11.3 Å². The molecule has 0 unspecified atom stereocenters. The summed E-state index contributed by atoms with van der Waals surface area (Å²) in [4.78, 5) is 4.96. The minimum atomic E-state index is -3.50. The third kappa shape index (κ3) is 2.95. The Morgan fingerprint density at radius 3 is 2.78 bits per heavy atom. The van der Waals surface area contributed by atoms with Gasteiger partial charge >= 0.3 is 0 Å². The molecule has 8 heteroatoms. The number of nitrogens with zero attached hydrogens (tertiary/aromatic N) is 2. The van der Waals surface area contributed by atoms with E-state index in [2.05, 4.69) is 14.9 Å². The summed E-state index contributed by atoms with van der Waals surface area (Å²) in [5.41, 5.74) is 0. The highest BCUT2D eigenvalue weighted by Gasteiger charge is 2.17. The van der Waals surface area contributed by atoms with E-state index < -0.39 is 10.0 Å². The van der Waals surface area contributed by atoms with Crippen molar-refractivity contribution in [2.45, 2.75) is 31.0 Å². The molecule has 0 saturated carbocycles. The van der Waals surface area contributed by atoms with Crippen LogP contribution in [0.25, 0.3) is 0 Å². The van der Waals surface area contributed by atoms with E-state index in [-0.39, 0.29) is 12.4 Å². The van der Waals surface area contributed by atoms with Gasteiger partial charge in [-0.05, 0) is 25.5 Å². The molecule has 0 saturated heterocycles. The van der Waals surface area contributed by atoms with E-state index in [1.807, 2.05) is 13.0 Å². The van der Waals surface area contributed by atoms with Crippen LogP contribution in [0.3, 0.4) is 0 Å². The Balaban J connectivity index is 2.07. The van der Waals surface area contributed by atoms with Crippen molar-refractivity contribution in [3.63, 3.8) is 0 Å². The standard InChI is InChI=1S/C10H13N3O3S2/c1-3-8-4-5-10(17-8)18(14,15)11-6-9-12-7(2)13-16-9/h4-5,11H,3,6H2,1-2H3. The molecule has 0 aliphatic carbocycles. The van der Waals surface area contributed by atoms with Gasteiger partial charge in [0.1, 0.15) is 4.21 Å². The molecule has 2 heterocycles. The molecule has 98 valence electrons. The van der Waals surface area contributed by atoms with E-state index >= 15 is 0 Å². The zero-order valence-corrected chi connectivity index (χ0v) is 11.6. The van der Waals surface area contributed by atoms with Crippen molar-refractivity contribution in [3.8, 4) is 0 Å². The number of aryl methyl sites for hydroxylation is 2. The van der Waals surface area contributed by atoms with Gasteiger partial charge < -0.3 is 4.52 Å². The van der Waals surface area contributed by atoms with Crippen molar-refractivity contribution < 1.29 is 12.9 Å². The van der Waals surface area contributed by atoms with Gasteiger partial charge in [-0.25, -0.2) is 13.1 Å². The van der Waals surface area contributed by atoms with Crippen LogP contribution in [0.1, 0.15) is 23.5 Å². The first-order valence-corrected chi connectivity index (χ1v) is 7.69. The fourth-order valence-electron chi connectivity index (χ4n) is 1.33. The minimum Gasteiger partial charge on any atom is -0.338 e. The second kappa shape index (κ2) is 5.17. The number of hydrogen-bond acceptors (Lipinski definition) is 6. The highest BCUT2D eigenvalue weighted by atomic mass is 32.2. The van der Waals surface area contributed by atoms with Crippen molar-refractivity contribution in [2.75, 3.05) is 0 Å². The quantitative estimate of drug-likeness (QED) is 0.900. The van der Waals surface area contributed by atoms with Gasteiger partial charge in [0.15, 0.2) is 5.82 Å². The van der Waals surface area contributed by atoms with Crippen molar-refractivity contribution >= 4 is 21.4 Å². The number of nitrogens with one attached hydrogen (secondary N) is 1. The molecular formula is C10H13N3O3S2. The Morgan fingerprint density at radius 2 is 2.22 bits per heavy atom. The molecule has 0 atom stereocenters. The zero-order chi connectivity index (χ0) is 13.2. The SMILES string of the molecule is CCc1ccc(S(=O)(=O)NCc2nc(C)no2)s1. The lowest BCUT2D eigenvalue weighted by Gasteiger charge is -2.00. The summed E-state index contributed by atoms with van der Waals surface area (Å²) in [6.07, 6.45) is 0.822. The third-order valence-electron chi connectivity index (χ3n) is 2.23. The first-order valence-electron chi connectivity index (χ1n) is 5.39. The zero-order valence-electron chi connectivity index (χ0n) is 10.0. The number of thiophene rings is 1. The highest BCUT2D eigenvalue weighted by Crippen LogP contribution is 2.21. The molecular weight excluding hydrogens is 274 g/mol.